The third-order valence-electron chi connectivity index (χ3n) is 6.74. The number of aromatic nitrogens is 3. The molecular formula is C24H32N6O3. The minimum atomic E-state index is -0.378. The quantitative estimate of drug-likeness (QED) is 0.524. The molecule has 2 aliphatic heterocycles. The Hall–Kier alpha value is -3.41. The van der Waals surface area contributed by atoms with E-state index in [2.05, 4.69) is 45.1 Å². The largest absolute Gasteiger partial charge is 0.483 e. The van der Waals surface area contributed by atoms with Crippen molar-refractivity contribution in [1.29, 1.82) is 5.26 Å². The third kappa shape index (κ3) is 5.33. The maximum absolute atomic E-state index is 13.5. The van der Waals surface area contributed by atoms with E-state index in [1.807, 2.05) is 12.1 Å². The summed E-state index contributed by atoms with van der Waals surface area (Å²) in [4.78, 5) is 36.0. The number of nitrogens with one attached hydrogen (secondary N) is 2. The SMILES string of the molecule is CC(C)CC[C@]1(C(=O)NCCc2cnc[nH]2)C[C@H]2CC[C@@H]1N2c1ccc(C#N)cn1.O=CO. The number of amides is 1. The first-order valence-electron chi connectivity index (χ1n) is 11.4. The van der Waals surface area contributed by atoms with Crippen LogP contribution in [0, 0.1) is 22.7 Å². The standard InChI is InChI=1S/C23H30N6O.CH2O2/c1-16(2)7-9-23(22(30)26-10-8-18-14-25-15-28-18)11-19-4-5-20(23)29(19)21-6-3-17(12-24)13-27-21;2-1-3/h3,6,13-16,19-20H,4-5,7-11H2,1-2H3,(H,25,28)(H,26,30);1H,(H,2,3)/t19-,20+,23+;/m1./s1. The molecule has 0 spiro atoms. The number of nitriles is 1. The summed E-state index contributed by atoms with van der Waals surface area (Å²) < 4.78 is 0. The van der Waals surface area contributed by atoms with Gasteiger partial charge in [-0.25, -0.2) is 9.97 Å². The van der Waals surface area contributed by atoms with E-state index in [-0.39, 0.29) is 23.8 Å². The summed E-state index contributed by atoms with van der Waals surface area (Å²) in [5, 5.41) is 19.2. The Labute approximate surface area is 194 Å². The molecule has 2 aromatic rings. The number of fused-ring (bicyclic) bond motifs is 2. The third-order valence-corrected chi connectivity index (χ3v) is 6.74. The maximum Gasteiger partial charge on any atom is 0.290 e. The smallest absolute Gasteiger partial charge is 0.290 e. The molecule has 9 nitrogen and oxygen atoms in total. The number of carbonyl (C=O) groups excluding carboxylic acids is 1. The Morgan fingerprint density at radius 3 is 2.82 bits per heavy atom. The lowest BCUT2D eigenvalue weighted by Gasteiger charge is -2.37. The molecule has 0 aromatic carbocycles. The number of carboxylic acid groups (broad SMARTS) is 1. The summed E-state index contributed by atoms with van der Waals surface area (Å²) in [6.45, 7) is 4.80. The van der Waals surface area contributed by atoms with E-state index >= 15 is 0 Å². The first-order valence-corrected chi connectivity index (χ1v) is 11.4. The Morgan fingerprint density at radius 2 is 2.21 bits per heavy atom. The summed E-state index contributed by atoms with van der Waals surface area (Å²) in [5.74, 6) is 1.62. The molecule has 33 heavy (non-hydrogen) atoms. The van der Waals surface area contributed by atoms with Crippen LogP contribution >= 0.6 is 0 Å². The molecule has 4 heterocycles. The van der Waals surface area contributed by atoms with Crippen molar-refractivity contribution >= 4 is 18.2 Å². The fourth-order valence-corrected chi connectivity index (χ4v) is 5.21. The molecule has 2 aromatic heterocycles. The van der Waals surface area contributed by atoms with Crippen LogP contribution in [0.5, 0.6) is 0 Å². The fraction of sp³-hybridized carbons (Fsp3) is 0.542. The average Bonchev–Trinajstić information content (AvgIpc) is 3.54. The van der Waals surface area contributed by atoms with E-state index in [0.717, 1.165) is 50.0 Å². The highest BCUT2D eigenvalue weighted by Crippen LogP contribution is 2.54. The van der Waals surface area contributed by atoms with E-state index < -0.39 is 0 Å². The zero-order valence-corrected chi connectivity index (χ0v) is 19.2. The van der Waals surface area contributed by atoms with E-state index in [0.29, 0.717) is 24.1 Å². The van der Waals surface area contributed by atoms with Gasteiger partial charge in [0.25, 0.3) is 6.47 Å². The summed E-state index contributed by atoms with van der Waals surface area (Å²) in [7, 11) is 0. The van der Waals surface area contributed by atoms with Gasteiger partial charge in [-0.15, -0.1) is 0 Å². The molecule has 3 N–H and O–H groups in total. The second kappa shape index (κ2) is 10.9. The highest BCUT2D eigenvalue weighted by atomic mass is 16.3. The number of hydrogen-bond acceptors (Lipinski definition) is 6. The van der Waals surface area contributed by atoms with Crippen molar-refractivity contribution < 1.29 is 14.7 Å². The second-order valence-corrected chi connectivity index (χ2v) is 9.15. The summed E-state index contributed by atoms with van der Waals surface area (Å²) >= 11 is 0. The molecular weight excluding hydrogens is 420 g/mol. The number of nitrogens with zero attached hydrogens (tertiary/aromatic N) is 4. The number of imidazole rings is 1. The van der Waals surface area contributed by atoms with Crippen molar-refractivity contribution in [2.75, 3.05) is 11.4 Å². The van der Waals surface area contributed by atoms with Crippen molar-refractivity contribution in [1.82, 2.24) is 20.3 Å². The van der Waals surface area contributed by atoms with Gasteiger partial charge < -0.3 is 20.3 Å². The van der Waals surface area contributed by atoms with Crippen LogP contribution in [0.4, 0.5) is 5.82 Å². The van der Waals surface area contributed by atoms with Gasteiger partial charge in [-0.05, 0) is 50.2 Å². The normalized spacial score (nSPS) is 23.0. The van der Waals surface area contributed by atoms with Crippen LogP contribution in [0.25, 0.3) is 0 Å². The molecule has 0 radical (unpaired) electrons. The van der Waals surface area contributed by atoms with Crippen molar-refractivity contribution in [3.05, 3.63) is 42.1 Å². The molecule has 0 saturated carbocycles. The van der Waals surface area contributed by atoms with Crippen LogP contribution < -0.4 is 10.2 Å². The van der Waals surface area contributed by atoms with E-state index in [1.54, 1.807) is 18.7 Å². The first-order chi connectivity index (χ1) is 15.9. The van der Waals surface area contributed by atoms with Crippen molar-refractivity contribution in [3.8, 4) is 6.07 Å². The van der Waals surface area contributed by atoms with Crippen LogP contribution in [-0.4, -0.2) is 51.1 Å². The van der Waals surface area contributed by atoms with E-state index in [1.165, 1.54) is 0 Å². The van der Waals surface area contributed by atoms with Crippen LogP contribution in [0.2, 0.25) is 0 Å². The minimum absolute atomic E-state index is 0.161. The molecule has 2 aliphatic rings. The number of anilines is 1. The Kier molecular flexibility index (Phi) is 8.04. The van der Waals surface area contributed by atoms with E-state index in [4.69, 9.17) is 15.2 Å². The predicted molar refractivity (Wildman–Crippen MR) is 123 cm³/mol. The molecule has 4 rings (SSSR count). The molecule has 2 saturated heterocycles. The van der Waals surface area contributed by atoms with E-state index in [9.17, 15) is 4.79 Å². The van der Waals surface area contributed by atoms with Gasteiger partial charge in [0.1, 0.15) is 11.9 Å². The van der Waals surface area contributed by atoms with Crippen LogP contribution in [0.3, 0.4) is 0 Å². The van der Waals surface area contributed by atoms with Crippen LogP contribution in [0.15, 0.2) is 30.9 Å². The van der Waals surface area contributed by atoms with Gasteiger partial charge in [0.2, 0.25) is 5.91 Å². The first kappa shape index (κ1) is 24.2. The lowest BCUT2D eigenvalue weighted by Crippen LogP contribution is -2.50. The molecule has 0 unspecified atom stereocenters. The Bertz CT molecular complexity index is 954. The van der Waals surface area contributed by atoms with Gasteiger partial charge >= 0.3 is 0 Å². The highest BCUT2D eigenvalue weighted by Gasteiger charge is 2.59. The van der Waals surface area contributed by atoms with Gasteiger partial charge in [-0.2, -0.15) is 5.26 Å². The maximum atomic E-state index is 13.5. The molecule has 9 heteroatoms. The molecule has 2 bridgehead atoms. The lowest BCUT2D eigenvalue weighted by molar-refractivity contribution is -0.132. The number of carbonyl (C=O) groups is 2. The predicted octanol–water partition coefficient (Wildman–Crippen LogP) is 2.90. The van der Waals surface area contributed by atoms with Gasteiger partial charge in [-0.3, -0.25) is 9.59 Å². The van der Waals surface area contributed by atoms with Crippen LogP contribution in [0.1, 0.15) is 57.2 Å². The number of hydrogen-bond donors (Lipinski definition) is 3. The number of rotatable bonds is 8. The molecule has 0 aliphatic carbocycles. The number of H-pyrrole nitrogens is 1. The summed E-state index contributed by atoms with van der Waals surface area (Å²) in [5.41, 5.74) is 1.22. The molecule has 1 amide bonds. The Morgan fingerprint density at radius 1 is 1.42 bits per heavy atom. The minimum Gasteiger partial charge on any atom is -0.483 e. The topological polar surface area (TPSA) is 135 Å². The Balaban J connectivity index is 0.000000968. The second-order valence-electron chi connectivity index (χ2n) is 9.15. The summed E-state index contributed by atoms with van der Waals surface area (Å²) in [6, 6.07) is 6.38. The lowest BCUT2D eigenvalue weighted by atomic mass is 9.69. The molecule has 2 fully saturated rings. The van der Waals surface area contributed by atoms with Gasteiger partial charge in [0.15, 0.2) is 0 Å². The molecule has 3 atom stereocenters. The molecule has 176 valence electrons. The number of pyridine rings is 1. The zero-order valence-electron chi connectivity index (χ0n) is 19.2. The summed E-state index contributed by atoms with van der Waals surface area (Å²) in [6.07, 6.45) is 10.8. The van der Waals surface area contributed by atoms with Gasteiger partial charge in [0, 0.05) is 43.1 Å². The monoisotopic (exact) mass is 452 g/mol. The van der Waals surface area contributed by atoms with Crippen molar-refractivity contribution in [3.63, 3.8) is 0 Å². The fourth-order valence-electron chi connectivity index (χ4n) is 5.21. The van der Waals surface area contributed by atoms with Crippen molar-refractivity contribution in [2.45, 2.75) is 64.5 Å². The number of aromatic amines is 1. The van der Waals surface area contributed by atoms with Crippen molar-refractivity contribution in [2.24, 2.45) is 11.3 Å². The van der Waals surface area contributed by atoms with Gasteiger partial charge in [0.05, 0.1) is 17.3 Å². The zero-order chi connectivity index (χ0) is 23.8. The van der Waals surface area contributed by atoms with Gasteiger partial charge in [-0.1, -0.05) is 13.8 Å². The highest BCUT2D eigenvalue weighted by molar-refractivity contribution is 5.85. The van der Waals surface area contributed by atoms with Crippen LogP contribution in [-0.2, 0) is 16.0 Å². The average molecular weight is 453 g/mol.